The van der Waals surface area contributed by atoms with Crippen molar-refractivity contribution in [1.29, 1.82) is 5.26 Å². The molecule has 0 aliphatic heterocycles. The van der Waals surface area contributed by atoms with Gasteiger partial charge in [0, 0.05) is 3.57 Å². The van der Waals surface area contributed by atoms with Crippen LogP contribution >= 0.6 is 22.6 Å². The maximum atomic E-state index is 12.4. The second-order valence-corrected chi connectivity index (χ2v) is 3.90. The van der Waals surface area contributed by atoms with Gasteiger partial charge < -0.3 is 0 Å². The van der Waals surface area contributed by atoms with Crippen LogP contribution in [0.4, 0.5) is 13.2 Å². The molecule has 0 aliphatic carbocycles. The van der Waals surface area contributed by atoms with Gasteiger partial charge in [-0.05, 0) is 47.2 Å². The number of halogens is 4. The second kappa shape index (κ2) is 3.77. The van der Waals surface area contributed by atoms with E-state index >= 15 is 0 Å². The molecule has 74 valence electrons. The Labute approximate surface area is 92.7 Å². The summed E-state index contributed by atoms with van der Waals surface area (Å²) in [5.41, 5.74) is -0.537. The molecule has 0 fully saturated rings. The smallest absolute Gasteiger partial charge is 0.192 e. The van der Waals surface area contributed by atoms with E-state index in [-0.39, 0.29) is 11.1 Å². The summed E-state index contributed by atoms with van der Waals surface area (Å²) in [5, 5.41) is 8.52. The Morgan fingerprint density at radius 2 is 1.93 bits per heavy atom. The third kappa shape index (κ3) is 2.18. The van der Waals surface area contributed by atoms with Crippen LogP contribution in [0.25, 0.3) is 0 Å². The summed E-state index contributed by atoms with van der Waals surface area (Å²) in [6, 6.07) is 4.01. The lowest BCUT2D eigenvalue weighted by Crippen LogP contribution is -2.09. The van der Waals surface area contributed by atoms with E-state index in [2.05, 4.69) is 0 Å². The van der Waals surface area contributed by atoms with Crippen LogP contribution < -0.4 is 0 Å². The molecule has 1 aromatic rings. The Bertz CT molecular complexity index is 404. The number of rotatable bonds is 0. The van der Waals surface area contributed by atoms with Gasteiger partial charge in [-0.25, -0.2) is 0 Å². The minimum absolute atomic E-state index is 0.0346. The van der Waals surface area contributed by atoms with E-state index in [0.29, 0.717) is 3.57 Å². The molecule has 5 heteroatoms. The van der Waals surface area contributed by atoms with Crippen molar-refractivity contribution < 1.29 is 13.2 Å². The Balaban J connectivity index is 3.44. The minimum atomic E-state index is -4.39. The lowest BCUT2D eigenvalue weighted by Gasteiger charge is -2.11. The highest BCUT2D eigenvalue weighted by molar-refractivity contribution is 14.1. The number of nitrogens with zero attached hydrogens (tertiary/aromatic N) is 1. The molecule has 0 amide bonds. The molecule has 1 aromatic carbocycles. The summed E-state index contributed by atoms with van der Waals surface area (Å²) in [7, 11) is 0. The van der Waals surface area contributed by atoms with Crippen molar-refractivity contribution in [1.82, 2.24) is 0 Å². The van der Waals surface area contributed by atoms with Crippen LogP contribution in [0, 0.1) is 21.8 Å². The standard InChI is InChI=1S/C9H5F3IN/c1-5-7(9(10,11)12)2-6(4-14)3-8(5)13/h2-3H,1H3. The first-order chi connectivity index (χ1) is 6.36. The topological polar surface area (TPSA) is 23.8 Å². The number of alkyl halides is 3. The largest absolute Gasteiger partial charge is 0.416 e. The zero-order valence-electron chi connectivity index (χ0n) is 7.11. The maximum Gasteiger partial charge on any atom is 0.416 e. The van der Waals surface area contributed by atoms with Crippen LogP contribution in [0.5, 0.6) is 0 Å². The fourth-order valence-electron chi connectivity index (χ4n) is 1.04. The second-order valence-electron chi connectivity index (χ2n) is 2.74. The van der Waals surface area contributed by atoms with Gasteiger partial charge in [-0.15, -0.1) is 0 Å². The summed E-state index contributed by atoms with van der Waals surface area (Å²) in [6.45, 7) is 1.39. The molecule has 0 atom stereocenters. The van der Waals surface area contributed by atoms with Crippen molar-refractivity contribution in [3.63, 3.8) is 0 Å². The average Bonchev–Trinajstić information content (AvgIpc) is 2.07. The van der Waals surface area contributed by atoms with Crippen LogP contribution in [0.1, 0.15) is 16.7 Å². The van der Waals surface area contributed by atoms with E-state index in [4.69, 9.17) is 5.26 Å². The zero-order chi connectivity index (χ0) is 10.9. The van der Waals surface area contributed by atoms with E-state index in [1.165, 1.54) is 13.0 Å². The van der Waals surface area contributed by atoms with E-state index in [0.717, 1.165) is 6.07 Å². The first-order valence-electron chi connectivity index (χ1n) is 3.63. The Kier molecular flexibility index (Phi) is 3.04. The van der Waals surface area contributed by atoms with Crippen LogP contribution in [-0.2, 0) is 6.18 Å². The Morgan fingerprint density at radius 3 is 2.36 bits per heavy atom. The normalized spacial score (nSPS) is 11.1. The number of hydrogen-bond donors (Lipinski definition) is 0. The van der Waals surface area contributed by atoms with Gasteiger partial charge >= 0.3 is 6.18 Å². The summed E-state index contributed by atoms with van der Waals surface area (Å²) in [4.78, 5) is 0. The number of benzene rings is 1. The SMILES string of the molecule is Cc1c(I)cc(C#N)cc1C(F)(F)F. The van der Waals surface area contributed by atoms with Gasteiger partial charge in [0.2, 0.25) is 0 Å². The minimum Gasteiger partial charge on any atom is -0.192 e. The van der Waals surface area contributed by atoms with Crippen LogP contribution in [-0.4, -0.2) is 0 Å². The molecule has 0 radical (unpaired) electrons. The van der Waals surface area contributed by atoms with Gasteiger partial charge in [0.05, 0.1) is 17.2 Å². The lowest BCUT2D eigenvalue weighted by atomic mass is 10.1. The number of nitriles is 1. The first kappa shape index (κ1) is 11.3. The molecule has 0 saturated carbocycles. The molecule has 14 heavy (non-hydrogen) atoms. The maximum absolute atomic E-state index is 12.4. The predicted molar refractivity (Wildman–Crippen MR) is 53.6 cm³/mol. The van der Waals surface area contributed by atoms with Crippen molar-refractivity contribution in [3.05, 3.63) is 32.4 Å². The molecule has 0 aromatic heterocycles. The van der Waals surface area contributed by atoms with Gasteiger partial charge in [0.25, 0.3) is 0 Å². The summed E-state index contributed by atoms with van der Waals surface area (Å²) >= 11 is 1.79. The van der Waals surface area contributed by atoms with Crippen molar-refractivity contribution in [2.75, 3.05) is 0 Å². The monoisotopic (exact) mass is 311 g/mol. The molecule has 0 N–H and O–H groups in total. The molecule has 0 heterocycles. The van der Waals surface area contributed by atoms with Crippen LogP contribution in [0.2, 0.25) is 0 Å². The highest BCUT2D eigenvalue weighted by atomic mass is 127. The molecule has 0 spiro atoms. The van der Waals surface area contributed by atoms with Gasteiger partial charge in [-0.1, -0.05) is 0 Å². The molecule has 0 unspecified atom stereocenters. The van der Waals surface area contributed by atoms with E-state index in [9.17, 15) is 13.2 Å². The van der Waals surface area contributed by atoms with Crippen molar-refractivity contribution in [3.8, 4) is 6.07 Å². The summed E-state index contributed by atoms with van der Waals surface area (Å²) in [6.07, 6.45) is -4.39. The fraction of sp³-hybridized carbons (Fsp3) is 0.222. The lowest BCUT2D eigenvalue weighted by molar-refractivity contribution is -0.138. The van der Waals surface area contributed by atoms with Gasteiger partial charge in [0.15, 0.2) is 0 Å². The van der Waals surface area contributed by atoms with Gasteiger partial charge in [0.1, 0.15) is 0 Å². The van der Waals surface area contributed by atoms with Gasteiger partial charge in [-0.3, -0.25) is 0 Å². The highest BCUT2D eigenvalue weighted by Gasteiger charge is 2.33. The average molecular weight is 311 g/mol. The van der Waals surface area contributed by atoms with Crippen molar-refractivity contribution >= 4 is 22.6 Å². The van der Waals surface area contributed by atoms with E-state index in [1.54, 1.807) is 28.7 Å². The fourth-order valence-corrected chi connectivity index (χ4v) is 1.66. The third-order valence-electron chi connectivity index (χ3n) is 1.78. The van der Waals surface area contributed by atoms with Crippen LogP contribution in [0.3, 0.4) is 0 Å². The van der Waals surface area contributed by atoms with Crippen molar-refractivity contribution in [2.24, 2.45) is 0 Å². The molecular weight excluding hydrogens is 306 g/mol. The third-order valence-corrected chi connectivity index (χ3v) is 2.90. The highest BCUT2D eigenvalue weighted by Crippen LogP contribution is 2.34. The van der Waals surface area contributed by atoms with Crippen molar-refractivity contribution in [2.45, 2.75) is 13.1 Å². The molecule has 0 bridgehead atoms. The quantitative estimate of drug-likeness (QED) is 0.673. The first-order valence-corrected chi connectivity index (χ1v) is 4.71. The molecule has 0 saturated heterocycles. The molecular formula is C9H5F3IN. The van der Waals surface area contributed by atoms with E-state index in [1.807, 2.05) is 0 Å². The number of hydrogen-bond acceptors (Lipinski definition) is 1. The predicted octanol–water partition coefficient (Wildman–Crippen LogP) is 3.49. The molecule has 1 rings (SSSR count). The Hall–Kier alpha value is -0.770. The van der Waals surface area contributed by atoms with E-state index < -0.39 is 11.7 Å². The van der Waals surface area contributed by atoms with Crippen LogP contribution in [0.15, 0.2) is 12.1 Å². The Morgan fingerprint density at radius 1 is 1.36 bits per heavy atom. The van der Waals surface area contributed by atoms with Gasteiger partial charge in [-0.2, -0.15) is 18.4 Å². The summed E-state index contributed by atoms with van der Waals surface area (Å²) < 4.78 is 37.7. The summed E-state index contributed by atoms with van der Waals surface area (Å²) in [5.74, 6) is 0. The zero-order valence-corrected chi connectivity index (χ0v) is 9.27. The molecule has 1 nitrogen and oxygen atoms in total. The molecule has 0 aliphatic rings.